The smallest absolute Gasteiger partial charge is 0.341 e. The summed E-state index contributed by atoms with van der Waals surface area (Å²) >= 11 is 4.76. The summed E-state index contributed by atoms with van der Waals surface area (Å²) < 4.78 is 80.7. The second-order valence-electron chi connectivity index (χ2n) is 5.15. The maximum Gasteiger partial charge on any atom is 0.416 e. The summed E-state index contributed by atoms with van der Waals surface area (Å²) in [6, 6.07) is 3.40. The third-order valence-corrected chi connectivity index (χ3v) is 5.29. The lowest BCUT2D eigenvalue weighted by atomic mass is 10.0. The van der Waals surface area contributed by atoms with Crippen molar-refractivity contribution in [3.05, 3.63) is 57.0 Å². The van der Waals surface area contributed by atoms with E-state index in [2.05, 4.69) is 15.9 Å². The molecule has 0 aliphatic carbocycles. The predicted octanol–water partition coefficient (Wildman–Crippen LogP) is 6.55. The third kappa shape index (κ3) is 3.32. The lowest BCUT2D eigenvalue weighted by molar-refractivity contribution is -0.143. The molecule has 1 nitrogen and oxygen atoms in total. The van der Waals surface area contributed by atoms with Crippen LogP contribution in [0.1, 0.15) is 16.7 Å². The molecule has 2 aromatic heterocycles. The average Bonchev–Trinajstić information content (AvgIpc) is 3.01. The first-order valence-corrected chi connectivity index (χ1v) is 8.23. The number of fused-ring (bicyclic) bond motifs is 1. The number of thiophene rings is 1. The first-order chi connectivity index (χ1) is 11.1. The normalized spacial score (nSPS) is 13.0. The van der Waals surface area contributed by atoms with Gasteiger partial charge in [0.05, 0.1) is 25.8 Å². The van der Waals surface area contributed by atoms with Crippen molar-refractivity contribution in [3.63, 3.8) is 0 Å². The Morgan fingerprint density at radius 1 is 0.958 bits per heavy atom. The first-order valence-electron chi connectivity index (χ1n) is 6.56. The van der Waals surface area contributed by atoms with Gasteiger partial charge < -0.3 is 4.57 Å². The summed E-state index contributed by atoms with van der Waals surface area (Å²) in [6.07, 6.45) is -8.05. The molecule has 0 radical (unpaired) electrons. The van der Waals surface area contributed by atoms with E-state index in [1.165, 1.54) is 11.3 Å². The van der Waals surface area contributed by atoms with Gasteiger partial charge in [-0.15, -0.1) is 11.3 Å². The second kappa shape index (κ2) is 5.80. The van der Waals surface area contributed by atoms with Crippen LogP contribution in [-0.4, -0.2) is 4.57 Å². The van der Waals surface area contributed by atoms with Crippen LogP contribution in [0.2, 0.25) is 0 Å². The molecule has 0 saturated heterocycles. The molecule has 9 heteroatoms. The molecule has 0 spiro atoms. The first kappa shape index (κ1) is 17.3. The Kier molecular flexibility index (Phi) is 4.19. The second-order valence-corrected chi connectivity index (χ2v) is 6.92. The van der Waals surface area contributed by atoms with Crippen LogP contribution in [0.4, 0.5) is 26.3 Å². The third-order valence-electron chi connectivity index (χ3n) is 3.44. The van der Waals surface area contributed by atoms with Crippen LogP contribution in [-0.2, 0) is 18.9 Å². The van der Waals surface area contributed by atoms with Crippen LogP contribution in [0.3, 0.4) is 0 Å². The van der Waals surface area contributed by atoms with Crippen LogP contribution in [0.5, 0.6) is 0 Å². The number of hydrogen-bond donors (Lipinski definition) is 0. The number of benzene rings is 1. The van der Waals surface area contributed by atoms with E-state index in [0.29, 0.717) is 0 Å². The van der Waals surface area contributed by atoms with Gasteiger partial charge in [-0.25, -0.2) is 0 Å². The van der Waals surface area contributed by atoms with Crippen molar-refractivity contribution in [2.24, 2.45) is 0 Å². The number of rotatable bonds is 2. The van der Waals surface area contributed by atoms with Gasteiger partial charge in [0.1, 0.15) is 0 Å². The molecule has 3 rings (SSSR count). The van der Waals surface area contributed by atoms with Gasteiger partial charge in [0.15, 0.2) is 0 Å². The van der Waals surface area contributed by atoms with E-state index in [-0.39, 0.29) is 18.2 Å². The summed E-state index contributed by atoms with van der Waals surface area (Å²) in [6.45, 7) is -0.0914. The fourth-order valence-electron chi connectivity index (χ4n) is 2.41. The summed E-state index contributed by atoms with van der Waals surface area (Å²) in [5.41, 5.74) is -1.93. The number of hydrogen-bond acceptors (Lipinski definition) is 1. The summed E-state index contributed by atoms with van der Waals surface area (Å²) in [5, 5.41) is 1.81. The Morgan fingerprint density at radius 3 is 2.08 bits per heavy atom. The van der Waals surface area contributed by atoms with E-state index in [9.17, 15) is 26.3 Å². The zero-order valence-electron chi connectivity index (χ0n) is 11.7. The predicted molar refractivity (Wildman–Crippen MR) is 83.1 cm³/mol. The quantitative estimate of drug-likeness (QED) is 0.408. The van der Waals surface area contributed by atoms with Crippen LogP contribution >= 0.6 is 27.3 Å². The standard InChI is InChI=1S/C15H8BrF6NS/c16-11-7-24-12-1-2-23(13(11)12)6-8-3-9(14(17,18)19)5-10(4-8)15(20,21)22/h1-5,7H,6H2. The van der Waals surface area contributed by atoms with Crippen molar-refractivity contribution in [2.45, 2.75) is 18.9 Å². The molecule has 2 heterocycles. The Morgan fingerprint density at radius 2 is 1.54 bits per heavy atom. The minimum Gasteiger partial charge on any atom is -0.341 e. The largest absolute Gasteiger partial charge is 0.416 e. The molecular weight excluding hydrogens is 420 g/mol. The van der Waals surface area contributed by atoms with E-state index in [0.717, 1.165) is 26.8 Å². The average molecular weight is 428 g/mol. The summed E-state index contributed by atoms with van der Waals surface area (Å²) in [5.74, 6) is 0. The molecular formula is C15H8BrF6NS. The number of aromatic nitrogens is 1. The maximum atomic E-state index is 12.9. The summed E-state index contributed by atoms with van der Waals surface area (Å²) in [7, 11) is 0. The van der Waals surface area contributed by atoms with Gasteiger partial charge in [-0.05, 0) is 45.8 Å². The van der Waals surface area contributed by atoms with Crippen molar-refractivity contribution >= 4 is 37.5 Å². The van der Waals surface area contributed by atoms with Gasteiger partial charge in [0.2, 0.25) is 0 Å². The van der Waals surface area contributed by atoms with Crippen LogP contribution in [0.15, 0.2) is 40.3 Å². The molecule has 0 saturated carbocycles. The molecule has 3 aromatic rings. The highest BCUT2D eigenvalue weighted by Gasteiger charge is 2.36. The van der Waals surface area contributed by atoms with Crippen molar-refractivity contribution in [2.75, 3.05) is 0 Å². The zero-order chi connectivity index (χ0) is 17.7. The van der Waals surface area contributed by atoms with Crippen molar-refractivity contribution < 1.29 is 26.3 Å². The Bertz CT molecular complexity index is 857. The molecule has 24 heavy (non-hydrogen) atoms. The van der Waals surface area contributed by atoms with Gasteiger partial charge in [-0.1, -0.05) is 0 Å². The van der Waals surface area contributed by atoms with E-state index in [1.54, 1.807) is 16.8 Å². The molecule has 0 fully saturated rings. The van der Waals surface area contributed by atoms with Gasteiger partial charge >= 0.3 is 12.4 Å². The minimum atomic E-state index is -4.84. The van der Waals surface area contributed by atoms with Gasteiger partial charge in [0.25, 0.3) is 0 Å². The highest BCUT2D eigenvalue weighted by Crippen LogP contribution is 2.37. The van der Waals surface area contributed by atoms with Crippen molar-refractivity contribution in [3.8, 4) is 0 Å². The molecule has 0 N–H and O–H groups in total. The van der Waals surface area contributed by atoms with Crippen molar-refractivity contribution in [1.29, 1.82) is 0 Å². The summed E-state index contributed by atoms with van der Waals surface area (Å²) in [4.78, 5) is 0. The SMILES string of the molecule is FC(F)(F)c1cc(Cn2ccc3scc(Br)c32)cc(C(F)(F)F)c1. The van der Waals surface area contributed by atoms with E-state index >= 15 is 0 Å². The molecule has 0 unspecified atom stereocenters. The van der Waals surface area contributed by atoms with E-state index < -0.39 is 23.5 Å². The minimum absolute atomic E-state index is 0.0623. The van der Waals surface area contributed by atoms with E-state index in [1.807, 2.05) is 5.38 Å². The van der Waals surface area contributed by atoms with Gasteiger partial charge in [-0.3, -0.25) is 0 Å². The molecule has 0 bridgehead atoms. The van der Waals surface area contributed by atoms with Crippen molar-refractivity contribution in [1.82, 2.24) is 4.57 Å². The van der Waals surface area contributed by atoms with E-state index in [4.69, 9.17) is 0 Å². The number of nitrogens with zero attached hydrogens (tertiary/aromatic N) is 1. The lowest BCUT2D eigenvalue weighted by Gasteiger charge is -2.15. The topological polar surface area (TPSA) is 4.93 Å². The van der Waals surface area contributed by atoms with Crippen LogP contribution in [0.25, 0.3) is 10.2 Å². The molecule has 0 aliphatic rings. The highest BCUT2D eigenvalue weighted by atomic mass is 79.9. The molecule has 0 amide bonds. The van der Waals surface area contributed by atoms with Crippen LogP contribution < -0.4 is 0 Å². The zero-order valence-corrected chi connectivity index (χ0v) is 14.1. The van der Waals surface area contributed by atoms with Crippen LogP contribution in [0, 0.1) is 0 Å². The number of halogens is 7. The van der Waals surface area contributed by atoms with Gasteiger partial charge in [0, 0.05) is 18.1 Å². The fraction of sp³-hybridized carbons (Fsp3) is 0.200. The Labute approximate surface area is 144 Å². The maximum absolute atomic E-state index is 12.9. The number of alkyl halides is 6. The fourth-order valence-corrected chi connectivity index (χ4v) is 4.09. The Hall–Kier alpha value is -1.48. The molecule has 1 aromatic carbocycles. The highest BCUT2D eigenvalue weighted by molar-refractivity contribution is 9.10. The molecule has 0 aliphatic heterocycles. The molecule has 0 atom stereocenters. The molecule has 128 valence electrons. The lowest BCUT2D eigenvalue weighted by Crippen LogP contribution is -2.12. The Balaban J connectivity index is 2.08. The van der Waals surface area contributed by atoms with Gasteiger partial charge in [-0.2, -0.15) is 26.3 Å². The monoisotopic (exact) mass is 427 g/mol.